The maximum atomic E-state index is 12.0. The number of carbonyl (C=O) groups excluding carboxylic acids is 2. The van der Waals surface area contributed by atoms with Gasteiger partial charge in [0.1, 0.15) is 11.3 Å². The molecule has 0 bridgehead atoms. The molecule has 0 aliphatic heterocycles. The van der Waals surface area contributed by atoms with E-state index in [1.807, 2.05) is 6.92 Å². The fourth-order valence-electron chi connectivity index (χ4n) is 1.69. The summed E-state index contributed by atoms with van der Waals surface area (Å²) in [5.41, 5.74) is 6.42. The van der Waals surface area contributed by atoms with Gasteiger partial charge >= 0.3 is 0 Å². The number of benzene rings is 1. The molecule has 0 aliphatic carbocycles. The van der Waals surface area contributed by atoms with Crippen LogP contribution in [0.3, 0.4) is 0 Å². The monoisotopic (exact) mass is 279 g/mol. The average molecular weight is 279 g/mol. The lowest BCUT2D eigenvalue weighted by molar-refractivity contribution is -0.120. The minimum absolute atomic E-state index is 0.0832. The highest BCUT2D eigenvalue weighted by atomic mass is 16.5. The van der Waals surface area contributed by atoms with E-state index in [2.05, 4.69) is 10.6 Å². The molecule has 1 aromatic carbocycles. The number of nitrogen functional groups attached to an aromatic ring is 1. The van der Waals surface area contributed by atoms with Gasteiger partial charge in [-0.3, -0.25) is 9.59 Å². The van der Waals surface area contributed by atoms with Crippen molar-refractivity contribution in [3.05, 3.63) is 23.8 Å². The summed E-state index contributed by atoms with van der Waals surface area (Å²) in [6.45, 7) is 2.88. The normalized spacial score (nSPS) is 9.90. The zero-order valence-corrected chi connectivity index (χ0v) is 11.9. The second-order valence-corrected chi connectivity index (χ2v) is 4.28. The average Bonchev–Trinajstić information content (AvgIpc) is 2.44. The fourth-order valence-corrected chi connectivity index (χ4v) is 1.69. The van der Waals surface area contributed by atoms with E-state index in [1.54, 1.807) is 18.2 Å². The first-order valence-electron chi connectivity index (χ1n) is 6.57. The molecule has 6 nitrogen and oxygen atoms in total. The number of hydrogen-bond acceptors (Lipinski definition) is 4. The summed E-state index contributed by atoms with van der Waals surface area (Å²) in [5, 5.41) is 5.40. The summed E-state index contributed by atoms with van der Waals surface area (Å²) < 4.78 is 5.11. The summed E-state index contributed by atoms with van der Waals surface area (Å²) in [6, 6.07) is 5.01. The van der Waals surface area contributed by atoms with Crippen molar-refractivity contribution in [1.29, 1.82) is 0 Å². The van der Waals surface area contributed by atoms with Crippen molar-refractivity contribution in [2.24, 2.45) is 0 Å². The number of rotatable bonds is 7. The molecule has 0 saturated heterocycles. The zero-order valence-electron chi connectivity index (χ0n) is 11.9. The molecule has 4 N–H and O–H groups in total. The number of anilines is 1. The first kappa shape index (κ1) is 15.8. The Kier molecular flexibility index (Phi) is 6.36. The van der Waals surface area contributed by atoms with Gasteiger partial charge < -0.3 is 21.1 Å². The van der Waals surface area contributed by atoms with Gasteiger partial charge in [0.2, 0.25) is 5.91 Å². The van der Waals surface area contributed by atoms with Crippen molar-refractivity contribution in [2.75, 3.05) is 25.9 Å². The number of methoxy groups -OCH3 is 1. The Bertz CT molecular complexity index is 475. The van der Waals surface area contributed by atoms with Gasteiger partial charge in [-0.15, -0.1) is 0 Å². The molecule has 6 heteroatoms. The molecular formula is C14H21N3O3. The molecule has 1 aromatic rings. The highest BCUT2D eigenvalue weighted by Gasteiger charge is 2.15. The molecular weight excluding hydrogens is 258 g/mol. The van der Waals surface area contributed by atoms with Crippen molar-refractivity contribution in [1.82, 2.24) is 10.6 Å². The van der Waals surface area contributed by atoms with Crippen LogP contribution < -0.4 is 21.1 Å². The van der Waals surface area contributed by atoms with Crippen LogP contribution >= 0.6 is 0 Å². The summed E-state index contributed by atoms with van der Waals surface area (Å²) in [6.07, 6.45) is 1.12. The highest BCUT2D eigenvalue weighted by molar-refractivity contribution is 6.02. The van der Waals surface area contributed by atoms with Crippen LogP contribution in [0.5, 0.6) is 5.75 Å². The maximum Gasteiger partial charge on any atom is 0.257 e. The number of nitrogens with two attached hydrogens (primary N) is 1. The lowest BCUT2D eigenvalue weighted by Gasteiger charge is -2.11. The SMILES string of the molecule is CCCNC(=O)CCNC(=O)c1c(N)cccc1OC. The first-order valence-corrected chi connectivity index (χ1v) is 6.57. The van der Waals surface area contributed by atoms with Crippen LogP contribution in [0, 0.1) is 0 Å². The van der Waals surface area contributed by atoms with Crippen molar-refractivity contribution >= 4 is 17.5 Å². The van der Waals surface area contributed by atoms with E-state index in [0.29, 0.717) is 23.5 Å². The molecule has 0 aliphatic rings. The standard InChI is InChI=1S/C14H21N3O3/c1-3-8-16-12(18)7-9-17-14(19)13-10(15)5-4-6-11(13)20-2/h4-6H,3,7-9,15H2,1-2H3,(H,16,18)(H,17,19). The van der Waals surface area contributed by atoms with E-state index in [9.17, 15) is 9.59 Å². The van der Waals surface area contributed by atoms with Crippen LogP contribution in [0.15, 0.2) is 18.2 Å². The van der Waals surface area contributed by atoms with Crippen molar-refractivity contribution < 1.29 is 14.3 Å². The molecule has 0 radical (unpaired) electrons. The van der Waals surface area contributed by atoms with Crippen molar-refractivity contribution in [2.45, 2.75) is 19.8 Å². The van der Waals surface area contributed by atoms with Crippen molar-refractivity contribution in [3.63, 3.8) is 0 Å². The lowest BCUT2D eigenvalue weighted by atomic mass is 10.1. The molecule has 0 aromatic heterocycles. The van der Waals surface area contributed by atoms with E-state index in [1.165, 1.54) is 7.11 Å². The Morgan fingerprint density at radius 1 is 1.25 bits per heavy atom. The molecule has 1 rings (SSSR count). The van der Waals surface area contributed by atoms with Crippen LogP contribution in [0.4, 0.5) is 5.69 Å². The topological polar surface area (TPSA) is 93.5 Å². The maximum absolute atomic E-state index is 12.0. The Morgan fingerprint density at radius 3 is 2.65 bits per heavy atom. The van der Waals surface area contributed by atoms with Crippen LogP contribution in [0.1, 0.15) is 30.1 Å². The third kappa shape index (κ3) is 4.46. The first-order chi connectivity index (χ1) is 9.60. The predicted molar refractivity (Wildman–Crippen MR) is 77.7 cm³/mol. The Morgan fingerprint density at radius 2 is 2.00 bits per heavy atom. The highest BCUT2D eigenvalue weighted by Crippen LogP contribution is 2.23. The van der Waals surface area contributed by atoms with Crippen LogP contribution in [-0.2, 0) is 4.79 Å². The number of carbonyl (C=O) groups is 2. The van der Waals surface area contributed by atoms with Gasteiger partial charge in [0.25, 0.3) is 5.91 Å². The third-order valence-corrected chi connectivity index (χ3v) is 2.72. The minimum Gasteiger partial charge on any atom is -0.496 e. The minimum atomic E-state index is -0.344. The Hall–Kier alpha value is -2.24. The van der Waals surface area contributed by atoms with Gasteiger partial charge in [-0.2, -0.15) is 0 Å². The molecule has 0 fully saturated rings. The van der Waals surface area contributed by atoms with E-state index >= 15 is 0 Å². The van der Waals surface area contributed by atoms with Crippen LogP contribution in [-0.4, -0.2) is 32.0 Å². The summed E-state index contributed by atoms with van der Waals surface area (Å²) in [4.78, 5) is 23.4. The van der Waals surface area contributed by atoms with Gasteiger partial charge in [-0.1, -0.05) is 13.0 Å². The van der Waals surface area contributed by atoms with Gasteiger partial charge in [-0.05, 0) is 18.6 Å². The Balaban J connectivity index is 2.53. The van der Waals surface area contributed by atoms with Gasteiger partial charge in [0.15, 0.2) is 0 Å². The summed E-state index contributed by atoms with van der Waals surface area (Å²) in [5.74, 6) is -0.0127. The fraction of sp³-hybridized carbons (Fsp3) is 0.429. The molecule has 0 atom stereocenters. The van der Waals surface area contributed by atoms with E-state index in [0.717, 1.165) is 6.42 Å². The third-order valence-electron chi connectivity index (χ3n) is 2.72. The smallest absolute Gasteiger partial charge is 0.257 e. The van der Waals surface area contributed by atoms with E-state index in [4.69, 9.17) is 10.5 Å². The summed E-state index contributed by atoms with van der Waals surface area (Å²) >= 11 is 0. The molecule has 0 unspecified atom stereocenters. The van der Waals surface area contributed by atoms with E-state index < -0.39 is 0 Å². The van der Waals surface area contributed by atoms with Crippen LogP contribution in [0.2, 0.25) is 0 Å². The van der Waals surface area contributed by atoms with Crippen LogP contribution in [0.25, 0.3) is 0 Å². The van der Waals surface area contributed by atoms with Crippen molar-refractivity contribution in [3.8, 4) is 5.75 Å². The second kappa shape index (κ2) is 8.04. The number of nitrogens with one attached hydrogen (secondary N) is 2. The molecule has 20 heavy (non-hydrogen) atoms. The largest absolute Gasteiger partial charge is 0.496 e. The number of ether oxygens (including phenoxy) is 1. The number of amides is 2. The number of hydrogen-bond donors (Lipinski definition) is 3. The Labute approximate surface area is 118 Å². The quantitative estimate of drug-likeness (QED) is 0.647. The zero-order chi connectivity index (χ0) is 15.0. The van der Waals surface area contributed by atoms with Gasteiger partial charge in [-0.25, -0.2) is 0 Å². The molecule has 0 saturated carbocycles. The van der Waals surface area contributed by atoms with E-state index in [-0.39, 0.29) is 24.8 Å². The summed E-state index contributed by atoms with van der Waals surface area (Å²) in [7, 11) is 1.48. The second-order valence-electron chi connectivity index (χ2n) is 4.28. The molecule has 0 spiro atoms. The van der Waals surface area contributed by atoms with Gasteiger partial charge in [0.05, 0.1) is 7.11 Å². The predicted octanol–water partition coefficient (Wildman–Crippen LogP) is 0.924. The molecule has 0 heterocycles. The molecule has 110 valence electrons. The lowest BCUT2D eigenvalue weighted by Crippen LogP contribution is -2.31. The van der Waals surface area contributed by atoms with Gasteiger partial charge in [0, 0.05) is 25.2 Å². The molecule has 2 amide bonds.